The van der Waals surface area contributed by atoms with Crippen molar-refractivity contribution in [3.8, 4) is 0 Å². The Morgan fingerprint density at radius 2 is 2.04 bits per heavy atom. The monoisotopic (exact) mass is 355 g/mol. The van der Waals surface area contributed by atoms with E-state index < -0.39 is 0 Å². The third-order valence-corrected chi connectivity index (χ3v) is 5.13. The molecule has 0 saturated carbocycles. The highest BCUT2D eigenvalue weighted by Crippen LogP contribution is 2.25. The topological polar surface area (TPSA) is 40.5 Å². The van der Waals surface area contributed by atoms with E-state index in [1.54, 1.807) is 0 Å². The van der Waals surface area contributed by atoms with Crippen LogP contribution in [0.4, 0.5) is 0 Å². The molecule has 0 unspecified atom stereocenters. The van der Waals surface area contributed by atoms with Gasteiger partial charge in [0.05, 0.1) is 11.5 Å². The molecule has 0 amide bonds. The zero-order valence-corrected chi connectivity index (χ0v) is 15.8. The molecule has 1 N–H and O–H groups in total. The highest BCUT2D eigenvalue weighted by molar-refractivity contribution is 6.21. The van der Waals surface area contributed by atoms with Gasteiger partial charge in [-0.05, 0) is 32.1 Å². The molecule has 1 aliphatic rings. The molecule has 1 saturated heterocycles. The van der Waals surface area contributed by atoms with E-state index in [0.29, 0.717) is 12.5 Å². The van der Waals surface area contributed by atoms with Gasteiger partial charge in [0, 0.05) is 25.6 Å². The lowest BCUT2D eigenvalue weighted by Crippen LogP contribution is -2.33. The number of aliphatic hydroxyl groups is 1. The lowest BCUT2D eigenvalue weighted by atomic mass is 10.1. The first kappa shape index (κ1) is 21.4. The van der Waals surface area contributed by atoms with E-state index in [9.17, 15) is 9.90 Å². The van der Waals surface area contributed by atoms with Gasteiger partial charge >= 0.3 is 0 Å². The van der Waals surface area contributed by atoms with Crippen molar-refractivity contribution in [3.05, 3.63) is 24.3 Å². The van der Waals surface area contributed by atoms with E-state index in [2.05, 4.69) is 30.1 Å². The van der Waals surface area contributed by atoms with Crippen LogP contribution in [0.15, 0.2) is 24.3 Å². The number of hydrogen-bond donors (Lipinski definition) is 1. The standard InChI is InChI=1S/C20H34ClNO2/c1-2-3-7-11-18(24)12-10-15-22-16-14-19(21)20(22)13-8-5-4-6-9-17-23/h5,8,10,12,17-20,24H,2-4,6-7,9,11,13-16H2,1H3/b8-5-,12-10+/t18-,19-,20+/m1/s1. The molecule has 1 heterocycles. The van der Waals surface area contributed by atoms with Crippen LogP contribution in [0.25, 0.3) is 0 Å². The van der Waals surface area contributed by atoms with Gasteiger partial charge in [-0.1, -0.05) is 50.5 Å². The summed E-state index contributed by atoms with van der Waals surface area (Å²) in [5.41, 5.74) is 0. The lowest BCUT2D eigenvalue weighted by molar-refractivity contribution is -0.107. The van der Waals surface area contributed by atoms with E-state index >= 15 is 0 Å². The molecular weight excluding hydrogens is 322 g/mol. The van der Waals surface area contributed by atoms with Gasteiger partial charge in [-0.15, -0.1) is 11.6 Å². The molecule has 1 fully saturated rings. The maximum atomic E-state index is 10.3. The molecule has 138 valence electrons. The number of nitrogens with zero attached hydrogens (tertiary/aromatic N) is 1. The molecule has 4 heteroatoms. The largest absolute Gasteiger partial charge is 0.389 e. The second-order valence-corrected chi connectivity index (χ2v) is 7.22. The van der Waals surface area contributed by atoms with Crippen LogP contribution in [-0.2, 0) is 4.79 Å². The van der Waals surface area contributed by atoms with E-state index in [1.165, 1.54) is 12.8 Å². The Hall–Kier alpha value is -0.640. The fraction of sp³-hybridized carbons (Fsp3) is 0.750. The van der Waals surface area contributed by atoms with Crippen LogP contribution in [0, 0.1) is 0 Å². The van der Waals surface area contributed by atoms with Gasteiger partial charge in [0.15, 0.2) is 0 Å². The summed E-state index contributed by atoms with van der Waals surface area (Å²) < 4.78 is 0. The number of alkyl halides is 1. The van der Waals surface area contributed by atoms with Gasteiger partial charge in [0.1, 0.15) is 6.29 Å². The van der Waals surface area contributed by atoms with Crippen LogP contribution in [0.2, 0.25) is 0 Å². The minimum absolute atomic E-state index is 0.201. The summed E-state index contributed by atoms with van der Waals surface area (Å²) in [6.45, 7) is 4.06. The third-order valence-electron chi connectivity index (χ3n) is 4.62. The summed E-state index contributed by atoms with van der Waals surface area (Å²) in [6.07, 6.45) is 17.9. The smallest absolute Gasteiger partial charge is 0.120 e. The molecule has 3 nitrogen and oxygen atoms in total. The number of aldehydes is 1. The summed E-state index contributed by atoms with van der Waals surface area (Å²) in [6, 6.07) is 0.371. The number of carbonyl (C=O) groups excluding carboxylic acids is 1. The third kappa shape index (κ3) is 9.00. The molecule has 0 aromatic rings. The number of likely N-dealkylation sites (tertiary alicyclic amines) is 1. The summed E-state index contributed by atoms with van der Waals surface area (Å²) in [5.74, 6) is 0. The average molecular weight is 356 g/mol. The Balaban J connectivity index is 2.30. The van der Waals surface area contributed by atoms with Crippen LogP contribution >= 0.6 is 11.6 Å². The van der Waals surface area contributed by atoms with E-state index in [1.807, 2.05) is 6.08 Å². The van der Waals surface area contributed by atoms with Gasteiger partial charge in [-0.3, -0.25) is 4.90 Å². The number of unbranched alkanes of at least 4 members (excludes halogenated alkanes) is 4. The van der Waals surface area contributed by atoms with Gasteiger partial charge in [0.25, 0.3) is 0 Å². The summed E-state index contributed by atoms with van der Waals surface area (Å²) in [7, 11) is 0. The zero-order valence-electron chi connectivity index (χ0n) is 15.1. The highest BCUT2D eigenvalue weighted by Gasteiger charge is 2.30. The predicted molar refractivity (Wildman–Crippen MR) is 103 cm³/mol. The van der Waals surface area contributed by atoms with Crippen molar-refractivity contribution in [2.75, 3.05) is 13.1 Å². The average Bonchev–Trinajstić information content (AvgIpc) is 2.91. The fourth-order valence-electron chi connectivity index (χ4n) is 3.13. The minimum Gasteiger partial charge on any atom is -0.389 e. The molecular formula is C20H34ClNO2. The van der Waals surface area contributed by atoms with Crippen molar-refractivity contribution in [1.29, 1.82) is 0 Å². The number of carbonyl (C=O) groups is 1. The predicted octanol–water partition coefficient (Wildman–Crippen LogP) is 4.48. The molecule has 3 atom stereocenters. The van der Waals surface area contributed by atoms with Gasteiger partial charge in [-0.25, -0.2) is 0 Å². The van der Waals surface area contributed by atoms with Gasteiger partial charge in [-0.2, -0.15) is 0 Å². The van der Waals surface area contributed by atoms with Crippen LogP contribution in [0.5, 0.6) is 0 Å². The maximum absolute atomic E-state index is 10.3. The van der Waals surface area contributed by atoms with Crippen molar-refractivity contribution in [2.45, 2.75) is 82.2 Å². The molecule has 0 aromatic heterocycles. The Morgan fingerprint density at radius 1 is 1.21 bits per heavy atom. The lowest BCUT2D eigenvalue weighted by Gasteiger charge is -2.23. The Bertz CT molecular complexity index is 384. The van der Waals surface area contributed by atoms with Crippen LogP contribution < -0.4 is 0 Å². The number of allylic oxidation sites excluding steroid dienone is 1. The minimum atomic E-state index is -0.317. The first-order valence-electron chi connectivity index (χ1n) is 9.50. The second kappa shape index (κ2) is 13.6. The van der Waals surface area contributed by atoms with Crippen molar-refractivity contribution in [3.63, 3.8) is 0 Å². The molecule has 0 radical (unpaired) electrons. The normalized spacial score (nSPS) is 23.5. The first-order valence-corrected chi connectivity index (χ1v) is 9.94. The van der Waals surface area contributed by atoms with Crippen molar-refractivity contribution < 1.29 is 9.90 Å². The molecule has 0 aliphatic carbocycles. The van der Waals surface area contributed by atoms with E-state index in [4.69, 9.17) is 11.6 Å². The fourth-order valence-corrected chi connectivity index (χ4v) is 3.48. The summed E-state index contributed by atoms with van der Waals surface area (Å²) >= 11 is 6.47. The van der Waals surface area contributed by atoms with Crippen molar-refractivity contribution >= 4 is 17.9 Å². The van der Waals surface area contributed by atoms with Crippen LogP contribution in [0.3, 0.4) is 0 Å². The number of aliphatic hydroxyl groups excluding tert-OH is 1. The Morgan fingerprint density at radius 3 is 2.79 bits per heavy atom. The molecule has 24 heavy (non-hydrogen) atoms. The second-order valence-electron chi connectivity index (χ2n) is 6.66. The SMILES string of the molecule is CCCCC[C@@H](O)/C=C/CN1CC[C@@H](Cl)[C@@H]1C/C=C\CCCC=O. The highest BCUT2D eigenvalue weighted by atomic mass is 35.5. The Kier molecular flexibility index (Phi) is 12.2. The summed E-state index contributed by atoms with van der Waals surface area (Å²) in [4.78, 5) is 12.7. The van der Waals surface area contributed by atoms with Gasteiger partial charge in [0.2, 0.25) is 0 Å². The number of hydrogen-bond acceptors (Lipinski definition) is 3. The zero-order chi connectivity index (χ0) is 17.6. The van der Waals surface area contributed by atoms with E-state index in [0.717, 1.165) is 57.9 Å². The maximum Gasteiger partial charge on any atom is 0.120 e. The molecule has 0 bridgehead atoms. The van der Waals surface area contributed by atoms with Crippen molar-refractivity contribution in [2.24, 2.45) is 0 Å². The Labute approximate surface area is 152 Å². The number of halogens is 1. The molecule has 0 spiro atoms. The van der Waals surface area contributed by atoms with Crippen LogP contribution in [0.1, 0.15) is 64.7 Å². The number of rotatable bonds is 13. The van der Waals surface area contributed by atoms with Crippen LogP contribution in [-0.4, -0.2) is 46.9 Å². The van der Waals surface area contributed by atoms with E-state index in [-0.39, 0.29) is 11.5 Å². The quantitative estimate of drug-likeness (QED) is 0.229. The molecule has 1 rings (SSSR count). The first-order chi connectivity index (χ1) is 11.7. The summed E-state index contributed by atoms with van der Waals surface area (Å²) in [5, 5.41) is 10.1. The molecule has 1 aliphatic heterocycles. The van der Waals surface area contributed by atoms with Crippen molar-refractivity contribution in [1.82, 2.24) is 4.90 Å². The van der Waals surface area contributed by atoms with Gasteiger partial charge < -0.3 is 9.90 Å². The molecule has 0 aromatic carbocycles.